The Balaban J connectivity index is 1.89. The average Bonchev–Trinajstić information content (AvgIpc) is 2.45. The number of ether oxygens (including phenoxy) is 1. The fraction of sp³-hybridized carbons (Fsp3) is 0.316. The molecule has 2 heteroatoms. The second-order valence-corrected chi connectivity index (χ2v) is 5.77. The van der Waals surface area contributed by atoms with Gasteiger partial charge in [-0.15, -0.1) is 0 Å². The first-order valence-electron chi connectivity index (χ1n) is 7.48. The predicted molar refractivity (Wildman–Crippen MR) is 84.2 cm³/mol. The molecule has 1 aliphatic carbocycles. The van der Waals surface area contributed by atoms with Gasteiger partial charge in [-0.3, -0.25) is 4.79 Å². The number of methoxy groups -OCH3 is 1. The summed E-state index contributed by atoms with van der Waals surface area (Å²) in [7, 11) is 1.64. The molecule has 108 valence electrons. The first-order valence-corrected chi connectivity index (χ1v) is 7.48. The fourth-order valence-corrected chi connectivity index (χ4v) is 2.86. The second kappa shape index (κ2) is 5.72. The molecule has 0 radical (unpaired) electrons. The lowest BCUT2D eigenvalue weighted by Gasteiger charge is -2.26. The molecule has 0 spiro atoms. The normalized spacial score (nSPS) is 14.6. The minimum absolute atomic E-state index is 0.0851. The molecule has 0 saturated heterocycles. The molecule has 0 aliphatic heterocycles. The molecule has 1 aliphatic rings. The number of benzene rings is 2. The molecule has 2 nitrogen and oxygen atoms in total. The third-order valence-corrected chi connectivity index (χ3v) is 4.38. The Hall–Kier alpha value is -2.09. The summed E-state index contributed by atoms with van der Waals surface area (Å²) in [5.74, 6) is 1.55. The van der Waals surface area contributed by atoms with E-state index in [2.05, 4.69) is 12.1 Å². The van der Waals surface area contributed by atoms with Gasteiger partial charge in [-0.25, -0.2) is 0 Å². The van der Waals surface area contributed by atoms with E-state index in [1.165, 1.54) is 24.8 Å². The lowest BCUT2D eigenvalue weighted by Crippen LogP contribution is -2.10. The Morgan fingerprint density at radius 1 is 1.10 bits per heavy atom. The molecule has 1 saturated carbocycles. The van der Waals surface area contributed by atoms with E-state index in [1.54, 1.807) is 7.11 Å². The van der Waals surface area contributed by atoms with E-state index in [4.69, 9.17) is 4.74 Å². The molecule has 0 atom stereocenters. The maximum Gasteiger partial charge on any atom is 0.193 e. The lowest BCUT2D eigenvalue weighted by atomic mass is 9.79. The van der Waals surface area contributed by atoms with Gasteiger partial charge < -0.3 is 4.74 Å². The van der Waals surface area contributed by atoms with Crippen LogP contribution in [0.3, 0.4) is 0 Å². The highest BCUT2D eigenvalue weighted by Gasteiger charge is 2.20. The molecular weight excluding hydrogens is 260 g/mol. The van der Waals surface area contributed by atoms with E-state index in [-0.39, 0.29) is 5.78 Å². The largest absolute Gasteiger partial charge is 0.496 e. The van der Waals surface area contributed by atoms with Crippen molar-refractivity contribution in [3.63, 3.8) is 0 Å². The summed E-state index contributed by atoms with van der Waals surface area (Å²) in [6.07, 6.45) is 3.80. The molecule has 2 aromatic rings. The van der Waals surface area contributed by atoms with E-state index in [9.17, 15) is 4.79 Å². The highest BCUT2D eigenvalue weighted by Crippen LogP contribution is 2.36. The Bertz CT molecular complexity index is 669. The van der Waals surface area contributed by atoms with Crippen molar-refractivity contribution < 1.29 is 9.53 Å². The molecule has 0 aromatic heterocycles. The number of hydrogen-bond acceptors (Lipinski definition) is 2. The first-order chi connectivity index (χ1) is 10.2. The highest BCUT2D eigenvalue weighted by atomic mass is 16.5. The van der Waals surface area contributed by atoms with Gasteiger partial charge in [-0.2, -0.15) is 0 Å². The van der Waals surface area contributed by atoms with Crippen molar-refractivity contribution in [1.82, 2.24) is 0 Å². The SMILES string of the molecule is COc1ccc(C(=O)c2cccc(C3CCC3)c2)cc1C. The minimum Gasteiger partial charge on any atom is -0.496 e. The van der Waals surface area contributed by atoms with Crippen molar-refractivity contribution in [3.05, 3.63) is 64.7 Å². The zero-order valence-electron chi connectivity index (χ0n) is 12.6. The van der Waals surface area contributed by atoms with E-state index in [0.717, 1.165) is 22.4 Å². The van der Waals surface area contributed by atoms with E-state index in [1.807, 2.05) is 37.3 Å². The topological polar surface area (TPSA) is 26.3 Å². The summed E-state index contributed by atoms with van der Waals surface area (Å²) in [5.41, 5.74) is 3.79. The van der Waals surface area contributed by atoms with E-state index >= 15 is 0 Å². The van der Waals surface area contributed by atoms with Crippen molar-refractivity contribution in [2.75, 3.05) is 7.11 Å². The van der Waals surface area contributed by atoms with Gasteiger partial charge in [0.1, 0.15) is 5.75 Å². The van der Waals surface area contributed by atoms with Crippen molar-refractivity contribution >= 4 is 5.78 Å². The molecule has 0 heterocycles. The maximum atomic E-state index is 12.6. The van der Waals surface area contributed by atoms with Crippen LogP contribution in [-0.4, -0.2) is 12.9 Å². The van der Waals surface area contributed by atoms with Crippen LogP contribution in [0.1, 0.15) is 52.2 Å². The zero-order chi connectivity index (χ0) is 14.8. The maximum absolute atomic E-state index is 12.6. The Kier molecular flexibility index (Phi) is 3.78. The smallest absolute Gasteiger partial charge is 0.193 e. The number of aryl methyl sites for hydroxylation is 1. The van der Waals surface area contributed by atoms with Crippen molar-refractivity contribution in [2.24, 2.45) is 0 Å². The lowest BCUT2D eigenvalue weighted by molar-refractivity contribution is 0.103. The van der Waals surface area contributed by atoms with Gasteiger partial charge in [0.25, 0.3) is 0 Å². The van der Waals surface area contributed by atoms with Gasteiger partial charge in [0.05, 0.1) is 7.11 Å². The molecule has 0 unspecified atom stereocenters. The molecule has 0 amide bonds. The monoisotopic (exact) mass is 280 g/mol. The summed E-state index contributed by atoms with van der Waals surface area (Å²) in [4.78, 5) is 12.6. The van der Waals surface area contributed by atoms with Gasteiger partial charge in [-0.1, -0.05) is 24.6 Å². The van der Waals surface area contributed by atoms with Crippen LogP contribution in [0.2, 0.25) is 0 Å². The van der Waals surface area contributed by atoms with Crippen LogP contribution in [-0.2, 0) is 0 Å². The summed E-state index contributed by atoms with van der Waals surface area (Å²) in [5, 5.41) is 0. The van der Waals surface area contributed by atoms with Crippen LogP contribution < -0.4 is 4.74 Å². The number of carbonyl (C=O) groups excluding carboxylic acids is 1. The Morgan fingerprint density at radius 3 is 2.48 bits per heavy atom. The number of hydrogen-bond donors (Lipinski definition) is 0. The quantitative estimate of drug-likeness (QED) is 0.771. The number of ketones is 1. The minimum atomic E-state index is 0.0851. The predicted octanol–water partition coefficient (Wildman–Crippen LogP) is 4.50. The molecule has 0 N–H and O–H groups in total. The third kappa shape index (κ3) is 2.71. The van der Waals surface area contributed by atoms with Crippen molar-refractivity contribution in [1.29, 1.82) is 0 Å². The molecule has 1 fully saturated rings. The van der Waals surface area contributed by atoms with Gasteiger partial charge >= 0.3 is 0 Å². The van der Waals surface area contributed by atoms with Crippen LogP contribution >= 0.6 is 0 Å². The van der Waals surface area contributed by atoms with Crippen LogP contribution in [0.15, 0.2) is 42.5 Å². The van der Waals surface area contributed by atoms with Gasteiger partial charge in [0, 0.05) is 11.1 Å². The zero-order valence-corrected chi connectivity index (χ0v) is 12.6. The van der Waals surface area contributed by atoms with Crippen molar-refractivity contribution in [3.8, 4) is 5.75 Å². The molecule has 2 aromatic carbocycles. The van der Waals surface area contributed by atoms with Crippen LogP contribution in [0.5, 0.6) is 5.75 Å². The second-order valence-electron chi connectivity index (χ2n) is 5.77. The molecule has 0 bridgehead atoms. The summed E-state index contributed by atoms with van der Waals surface area (Å²) >= 11 is 0. The standard InChI is InChI=1S/C19H20O2/c1-13-11-17(9-10-18(13)21-2)19(20)16-8-4-7-15(12-16)14-5-3-6-14/h4,7-12,14H,3,5-6H2,1-2H3. The van der Waals surface area contributed by atoms with Gasteiger partial charge in [-0.05, 0) is 61.1 Å². The van der Waals surface area contributed by atoms with Gasteiger partial charge in [0.2, 0.25) is 0 Å². The van der Waals surface area contributed by atoms with Crippen LogP contribution in [0, 0.1) is 6.92 Å². The summed E-state index contributed by atoms with van der Waals surface area (Å²) < 4.78 is 5.25. The van der Waals surface area contributed by atoms with E-state index in [0.29, 0.717) is 5.92 Å². The number of carbonyl (C=O) groups is 1. The first kappa shape index (κ1) is 13.9. The van der Waals surface area contributed by atoms with Crippen LogP contribution in [0.25, 0.3) is 0 Å². The molecule has 21 heavy (non-hydrogen) atoms. The average molecular weight is 280 g/mol. The van der Waals surface area contributed by atoms with Crippen LogP contribution in [0.4, 0.5) is 0 Å². The third-order valence-electron chi connectivity index (χ3n) is 4.38. The van der Waals surface area contributed by atoms with Crippen molar-refractivity contribution in [2.45, 2.75) is 32.1 Å². The Morgan fingerprint density at radius 2 is 1.86 bits per heavy atom. The molecular formula is C19H20O2. The number of rotatable bonds is 4. The fourth-order valence-electron chi connectivity index (χ4n) is 2.86. The molecule has 3 rings (SSSR count). The van der Waals surface area contributed by atoms with Gasteiger partial charge in [0.15, 0.2) is 5.78 Å². The van der Waals surface area contributed by atoms with E-state index < -0.39 is 0 Å². The Labute approximate surface area is 125 Å². The highest BCUT2D eigenvalue weighted by molar-refractivity contribution is 6.09. The summed E-state index contributed by atoms with van der Waals surface area (Å²) in [6, 6.07) is 13.7. The summed E-state index contributed by atoms with van der Waals surface area (Å²) in [6.45, 7) is 1.96.